The van der Waals surface area contributed by atoms with Gasteiger partial charge in [-0.15, -0.1) is 11.3 Å². The molecule has 2 aromatic carbocycles. The molecule has 1 unspecified atom stereocenters. The van der Waals surface area contributed by atoms with Gasteiger partial charge in [-0.25, -0.2) is 10.4 Å². The second-order valence-corrected chi connectivity index (χ2v) is 9.43. The molecule has 2 heterocycles. The van der Waals surface area contributed by atoms with E-state index in [4.69, 9.17) is 5.73 Å². The largest absolute Gasteiger partial charge is 0.481 e. The molecular formula is C26H31N5O3S. The summed E-state index contributed by atoms with van der Waals surface area (Å²) in [6.07, 6.45) is 0.704. The zero-order chi connectivity index (χ0) is 25.1. The molecular weight excluding hydrogens is 462 g/mol. The van der Waals surface area contributed by atoms with Crippen molar-refractivity contribution in [2.45, 2.75) is 39.2 Å². The van der Waals surface area contributed by atoms with Gasteiger partial charge in [0.05, 0.1) is 23.3 Å². The number of carbonyl (C=O) groups excluding carboxylic acids is 1. The predicted molar refractivity (Wildman–Crippen MR) is 139 cm³/mol. The first-order chi connectivity index (χ1) is 16.8. The summed E-state index contributed by atoms with van der Waals surface area (Å²) in [7, 11) is 1.84. The third-order valence-electron chi connectivity index (χ3n) is 6.75. The summed E-state index contributed by atoms with van der Waals surface area (Å²) >= 11 is 1.40. The molecule has 1 aliphatic heterocycles. The minimum absolute atomic E-state index is 0.0522. The van der Waals surface area contributed by atoms with Crippen molar-refractivity contribution in [3.05, 3.63) is 74.7 Å². The van der Waals surface area contributed by atoms with Crippen molar-refractivity contribution in [1.82, 2.24) is 15.3 Å². The van der Waals surface area contributed by atoms with Crippen molar-refractivity contribution in [3.63, 3.8) is 0 Å². The Balaban J connectivity index is 1.69. The molecule has 8 nitrogen and oxygen atoms in total. The molecule has 0 bridgehead atoms. The number of nitrogens with zero attached hydrogens (tertiary/aromatic N) is 3. The Kier molecular flexibility index (Phi) is 7.37. The molecule has 0 fully saturated rings. The van der Waals surface area contributed by atoms with Crippen LogP contribution in [0.1, 0.15) is 57.6 Å². The van der Waals surface area contributed by atoms with Gasteiger partial charge in [0.1, 0.15) is 5.69 Å². The van der Waals surface area contributed by atoms with Crippen molar-refractivity contribution < 1.29 is 14.7 Å². The number of aliphatic carboxylic acids is 1. The maximum atomic E-state index is 12.8. The van der Waals surface area contributed by atoms with Gasteiger partial charge in [0, 0.05) is 38.0 Å². The number of aromatic nitrogens is 1. The van der Waals surface area contributed by atoms with Gasteiger partial charge in [-0.05, 0) is 54.2 Å². The lowest BCUT2D eigenvalue weighted by Gasteiger charge is -2.30. The van der Waals surface area contributed by atoms with Crippen LogP contribution in [0.3, 0.4) is 0 Å². The number of hydrazine groups is 1. The highest BCUT2D eigenvalue weighted by molar-refractivity contribution is 7.07. The first-order valence-electron chi connectivity index (χ1n) is 11.7. The van der Waals surface area contributed by atoms with Crippen LogP contribution in [0.2, 0.25) is 0 Å². The Morgan fingerprint density at radius 1 is 1.29 bits per heavy atom. The van der Waals surface area contributed by atoms with E-state index in [0.29, 0.717) is 24.5 Å². The number of carbonyl (C=O) groups is 2. The Morgan fingerprint density at radius 3 is 2.74 bits per heavy atom. The summed E-state index contributed by atoms with van der Waals surface area (Å²) in [5.74, 6) is -1.31. The summed E-state index contributed by atoms with van der Waals surface area (Å²) in [6, 6.07) is 10.1. The second kappa shape index (κ2) is 10.5. The summed E-state index contributed by atoms with van der Waals surface area (Å²) in [5.41, 5.74) is 18.2. The minimum atomic E-state index is -0.875. The molecule has 1 aliphatic rings. The van der Waals surface area contributed by atoms with Crippen LogP contribution in [0.15, 0.2) is 41.2 Å². The zero-order valence-electron chi connectivity index (χ0n) is 20.2. The molecule has 1 amide bonds. The van der Waals surface area contributed by atoms with Crippen molar-refractivity contribution in [1.29, 1.82) is 0 Å². The van der Waals surface area contributed by atoms with Crippen LogP contribution >= 0.6 is 11.3 Å². The quantitative estimate of drug-likeness (QED) is 0.323. The van der Waals surface area contributed by atoms with Crippen LogP contribution in [0.4, 0.5) is 11.4 Å². The number of hydrogen-bond donors (Lipinski definition) is 3. The number of nitrogen functional groups attached to an aromatic ring is 1. The minimum Gasteiger partial charge on any atom is -0.481 e. The number of hydrogen-bond acceptors (Lipinski definition) is 7. The second-order valence-electron chi connectivity index (χ2n) is 8.71. The number of anilines is 2. The standard InChI is InChI=1S/C26H31N5O3S/c1-4-31(28-3)23-8-7-20(16(2)25(23)27)21(12-24(32)33)18-6-5-17-9-10-30(13-19(17)11-18)26(34)22-14-35-15-29-22/h5-8,11,14-15,21,28H,4,9-10,12-13,27H2,1-3H3,(H,32,33). The molecule has 0 radical (unpaired) electrons. The number of fused-ring (bicyclic) bond motifs is 1. The molecule has 1 atom stereocenters. The normalized spacial score (nSPS) is 13.9. The van der Waals surface area contributed by atoms with E-state index in [9.17, 15) is 14.7 Å². The average Bonchev–Trinajstić information content (AvgIpc) is 3.40. The van der Waals surface area contributed by atoms with E-state index >= 15 is 0 Å². The molecule has 0 saturated carbocycles. The molecule has 9 heteroatoms. The molecule has 4 N–H and O–H groups in total. The highest BCUT2D eigenvalue weighted by Crippen LogP contribution is 2.37. The molecule has 0 aliphatic carbocycles. The molecule has 0 spiro atoms. The Morgan fingerprint density at radius 2 is 2.09 bits per heavy atom. The van der Waals surface area contributed by atoms with Crippen LogP contribution in [-0.2, 0) is 17.8 Å². The first-order valence-corrected chi connectivity index (χ1v) is 12.6. The molecule has 184 valence electrons. The Labute approximate surface area is 209 Å². The molecule has 35 heavy (non-hydrogen) atoms. The fraction of sp³-hybridized carbons (Fsp3) is 0.346. The van der Waals surface area contributed by atoms with Crippen molar-refractivity contribution in [3.8, 4) is 0 Å². The number of rotatable bonds is 8. The van der Waals surface area contributed by atoms with Crippen molar-refractivity contribution >= 4 is 34.6 Å². The van der Waals surface area contributed by atoms with Crippen LogP contribution in [-0.4, -0.2) is 47.0 Å². The summed E-state index contributed by atoms with van der Waals surface area (Å²) in [6.45, 7) is 5.82. The van der Waals surface area contributed by atoms with E-state index in [-0.39, 0.29) is 18.2 Å². The van der Waals surface area contributed by atoms with Gasteiger partial charge in [0.15, 0.2) is 0 Å². The lowest BCUT2D eigenvalue weighted by atomic mass is 9.83. The van der Waals surface area contributed by atoms with Gasteiger partial charge in [0.25, 0.3) is 5.91 Å². The molecule has 0 saturated heterocycles. The number of amides is 1. The average molecular weight is 494 g/mol. The SMILES string of the molecule is CCN(NC)c1ccc(C(CC(=O)O)c2ccc3c(c2)CN(C(=O)c2cscn2)CC3)c(C)c1N. The summed E-state index contributed by atoms with van der Waals surface area (Å²) in [5, 5.41) is 13.5. The van der Waals surface area contributed by atoms with E-state index < -0.39 is 5.97 Å². The lowest BCUT2D eigenvalue weighted by Crippen LogP contribution is -2.36. The smallest absolute Gasteiger partial charge is 0.304 e. The van der Waals surface area contributed by atoms with E-state index in [1.54, 1.807) is 10.9 Å². The van der Waals surface area contributed by atoms with Crippen LogP contribution in [0, 0.1) is 6.92 Å². The fourth-order valence-electron chi connectivity index (χ4n) is 4.82. The van der Waals surface area contributed by atoms with E-state index in [2.05, 4.69) is 22.5 Å². The van der Waals surface area contributed by atoms with Crippen molar-refractivity contribution in [2.24, 2.45) is 0 Å². The monoisotopic (exact) mass is 493 g/mol. The van der Waals surface area contributed by atoms with Gasteiger partial charge in [0.2, 0.25) is 0 Å². The van der Waals surface area contributed by atoms with Crippen molar-refractivity contribution in [2.75, 3.05) is 30.9 Å². The lowest BCUT2D eigenvalue weighted by molar-refractivity contribution is -0.137. The highest BCUT2D eigenvalue weighted by Gasteiger charge is 2.26. The number of thiazole rings is 1. The maximum absolute atomic E-state index is 12.8. The number of nitrogens with two attached hydrogens (primary N) is 1. The molecule has 4 rings (SSSR count). The van der Waals surface area contributed by atoms with Crippen LogP contribution in [0.5, 0.6) is 0 Å². The number of nitrogens with one attached hydrogen (secondary N) is 1. The van der Waals surface area contributed by atoms with E-state index in [1.807, 2.05) is 49.0 Å². The zero-order valence-corrected chi connectivity index (χ0v) is 21.1. The first kappa shape index (κ1) is 24.7. The van der Waals surface area contributed by atoms with Crippen LogP contribution in [0.25, 0.3) is 0 Å². The van der Waals surface area contributed by atoms with Gasteiger partial charge in [-0.1, -0.05) is 24.3 Å². The third kappa shape index (κ3) is 5.01. The van der Waals surface area contributed by atoms with Gasteiger partial charge >= 0.3 is 5.97 Å². The summed E-state index contributed by atoms with van der Waals surface area (Å²) in [4.78, 5) is 30.7. The fourth-order valence-corrected chi connectivity index (χ4v) is 5.35. The molecule has 1 aromatic heterocycles. The Bertz CT molecular complexity index is 1220. The van der Waals surface area contributed by atoms with E-state index in [1.165, 1.54) is 16.9 Å². The van der Waals surface area contributed by atoms with Gasteiger partial charge in [-0.3, -0.25) is 9.59 Å². The third-order valence-corrected chi connectivity index (χ3v) is 7.33. The van der Waals surface area contributed by atoms with Gasteiger partial charge < -0.3 is 20.7 Å². The van der Waals surface area contributed by atoms with Gasteiger partial charge in [-0.2, -0.15) is 0 Å². The number of benzene rings is 2. The topological polar surface area (TPSA) is 112 Å². The maximum Gasteiger partial charge on any atom is 0.304 e. The molecule has 3 aromatic rings. The van der Waals surface area contributed by atoms with Crippen LogP contribution < -0.4 is 16.2 Å². The predicted octanol–water partition coefficient (Wildman–Crippen LogP) is 3.80. The number of carboxylic acids is 1. The Hall–Kier alpha value is -3.43. The van der Waals surface area contributed by atoms with E-state index in [0.717, 1.165) is 40.9 Å². The highest BCUT2D eigenvalue weighted by atomic mass is 32.1. The number of carboxylic acid groups (broad SMARTS) is 1. The summed E-state index contributed by atoms with van der Waals surface area (Å²) < 4.78 is 0.